The van der Waals surface area contributed by atoms with Gasteiger partial charge >= 0.3 is 0 Å². The van der Waals surface area contributed by atoms with Crippen molar-refractivity contribution < 1.29 is 4.79 Å². The van der Waals surface area contributed by atoms with Crippen LogP contribution in [0.1, 0.15) is 29.2 Å². The van der Waals surface area contributed by atoms with Crippen molar-refractivity contribution in [1.82, 2.24) is 0 Å². The Hall–Kier alpha value is -2.29. The Morgan fingerprint density at radius 1 is 0.909 bits per heavy atom. The molecule has 0 spiro atoms. The fourth-order valence-corrected chi connectivity index (χ4v) is 2.39. The van der Waals surface area contributed by atoms with Gasteiger partial charge in [-0.1, -0.05) is 24.3 Å². The van der Waals surface area contributed by atoms with E-state index < -0.39 is 0 Å². The molecule has 0 bridgehead atoms. The number of hydrogen-bond acceptors (Lipinski definition) is 2. The molecule has 3 heteroatoms. The maximum Gasteiger partial charge on any atom is 0.246 e. The van der Waals surface area contributed by atoms with E-state index in [0.717, 1.165) is 22.5 Å². The van der Waals surface area contributed by atoms with Crippen LogP contribution < -0.4 is 10.6 Å². The lowest BCUT2D eigenvalue weighted by molar-refractivity contribution is -0.116. The second-order valence-electron chi connectivity index (χ2n) is 5.92. The Balaban J connectivity index is 2.07. The molecular weight excluding hydrogens is 272 g/mol. The van der Waals surface area contributed by atoms with Crippen LogP contribution in [0.3, 0.4) is 0 Å². The molecule has 2 aromatic rings. The predicted octanol–water partition coefficient (Wildman–Crippen LogP) is 4.36. The number of carbonyl (C=O) groups is 1. The van der Waals surface area contributed by atoms with E-state index in [1.807, 2.05) is 45.0 Å². The summed E-state index contributed by atoms with van der Waals surface area (Å²) in [7, 11) is 0. The number of aryl methyl sites for hydroxylation is 4. The second-order valence-corrected chi connectivity index (χ2v) is 5.92. The van der Waals surface area contributed by atoms with Gasteiger partial charge < -0.3 is 10.6 Å². The number of anilines is 2. The van der Waals surface area contributed by atoms with Gasteiger partial charge in [0.25, 0.3) is 0 Å². The third-order valence-corrected chi connectivity index (χ3v) is 4.01. The Labute approximate surface area is 132 Å². The molecule has 0 radical (unpaired) electrons. The molecule has 0 saturated carbocycles. The molecule has 0 heterocycles. The molecule has 1 amide bonds. The first-order chi connectivity index (χ1) is 10.4. The highest BCUT2D eigenvalue weighted by atomic mass is 16.2. The fraction of sp³-hybridized carbons (Fsp3) is 0.316. The number of para-hydroxylation sites is 1. The Morgan fingerprint density at radius 2 is 1.55 bits per heavy atom. The average molecular weight is 296 g/mol. The van der Waals surface area contributed by atoms with E-state index in [-0.39, 0.29) is 11.9 Å². The summed E-state index contributed by atoms with van der Waals surface area (Å²) in [5.41, 5.74) is 6.48. The zero-order chi connectivity index (χ0) is 16.3. The first kappa shape index (κ1) is 16.1. The zero-order valence-corrected chi connectivity index (χ0v) is 13.9. The van der Waals surface area contributed by atoms with Gasteiger partial charge in [-0.3, -0.25) is 4.79 Å². The zero-order valence-electron chi connectivity index (χ0n) is 13.9. The van der Waals surface area contributed by atoms with Crippen LogP contribution in [-0.4, -0.2) is 11.9 Å². The lowest BCUT2D eigenvalue weighted by Crippen LogP contribution is -2.32. The maximum absolute atomic E-state index is 12.4. The first-order valence-electron chi connectivity index (χ1n) is 7.59. The highest BCUT2D eigenvalue weighted by Gasteiger charge is 2.15. The third kappa shape index (κ3) is 3.67. The van der Waals surface area contributed by atoms with Crippen LogP contribution in [0.4, 0.5) is 11.4 Å². The van der Waals surface area contributed by atoms with Crippen LogP contribution in [0.25, 0.3) is 0 Å². The van der Waals surface area contributed by atoms with Crippen molar-refractivity contribution in [3.8, 4) is 0 Å². The molecule has 2 aromatic carbocycles. The summed E-state index contributed by atoms with van der Waals surface area (Å²) in [6, 6.07) is 11.8. The Bertz CT molecular complexity index is 672. The molecule has 1 unspecified atom stereocenters. The Morgan fingerprint density at radius 3 is 2.14 bits per heavy atom. The average Bonchev–Trinajstić information content (AvgIpc) is 2.46. The SMILES string of the molecule is Cc1ccc(NC(C)C(=O)Nc2c(C)cccc2C)cc1C. The van der Waals surface area contributed by atoms with Crippen molar-refractivity contribution in [3.63, 3.8) is 0 Å². The van der Waals surface area contributed by atoms with Gasteiger partial charge in [-0.25, -0.2) is 0 Å². The summed E-state index contributed by atoms with van der Waals surface area (Å²) < 4.78 is 0. The summed E-state index contributed by atoms with van der Waals surface area (Å²) in [5.74, 6) is -0.0318. The van der Waals surface area contributed by atoms with Crippen molar-refractivity contribution in [1.29, 1.82) is 0 Å². The summed E-state index contributed by atoms with van der Waals surface area (Å²) in [6.45, 7) is 10.0. The van der Waals surface area contributed by atoms with E-state index in [1.165, 1.54) is 11.1 Å². The molecule has 0 saturated heterocycles. The minimum Gasteiger partial charge on any atom is -0.374 e. The van der Waals surface area contributed by atoms with E-state index in [2.05, 4.69) is 36.6 Å². The molecule has 0 aliphatic heterocycles. The van der Waals surface area contributed by atoms with Gasteiger partial charge in [-0.05, 0) is 69.0 Å². The lowest BCUT2D eigenvalue weighted by Gasteiger charge is -2.18. The topological polar surface area (TPSA) is 41.1 Å². The van der Waals surface area contributed by atoms with Crippen molar-refractivity contribution >= 4 is 17.3 Å². The number of carbonyl (C=O) groups excluding carboxylic acids is 1. The molecule has 3 nitrogen and oxygen atoms in total. The molecule has 116 valence electrons. The molecule has 2 N–H and O–H groups in total. The number of hydrogen-bond donors (Lipinski definition) is 2. The number of amides is 1. The molecule has 1 atom stereocenters. The summed E-state index contributed by atoms with van der Waals surface area (Å²) >= 11 is 0. The quantitative estimate of drug-likeness (QED) is 0.880. The van der Waals surface area contributed by atoms with E-state index in [4.69, 9.17) is 0 Å². The van der Waals surface area contributed by atoms with E-state index >= 15 is 0 Å². The molecule has 0 aliphatic rings. The van der Waals surface area contributed by atoms with E-state index in [1.54, 1.807) is 0 Å². The van der Waals surface area contributed by atoms with E-state index in [0.29, 0.717) is 0 Å². The maximum atomic E-state index is 12.4. The van der Waals surface area contributed by atoms with Crippen LogP contribution in [0, 0.1) is 27.7 Å². The van der Waals surface area contributed by atoms with Crippen LogP contribution in [-0.2, 0) is 4.79 Å². The van der Waals surface area contributed by atoms with Crippen molar-refractivity contribution in [2.24, 2.45) is 0 Å². The minimum atomic E-state index is -0.305. The fourth-order valence-electron chi connectivity index (χ4n) is 2.39. The van der Waals surface area contributed by atoms with Gasteiger partial charge in [-0.2, -0.15) is 0 Å². The normalized spacial score (nSPS) is 11.9. The van der Waals surface area contributed by atoms with Gasteiger partial charge in [0.05, 0.1) is 0 Å². The van der Waals surface area contributed by atoms with Crippen LogP contribution >= 0.6 is 0 Å². The third-order valence-electron chi connectivity index (χ3n) is 4.01. The van der Waals surface area contributed by atoms with E-state index in [9.17, 15) is 4.79 Å². The van der Waals surface area contributed by atoms with Gasteiger partial charge in [0, 0.05) is 11.4 Å². The van der Waals surface area contributed by atoms with Gasteiger partial charge in [-0.15, -0.1) is 0 Å². The second kappa shape index (κ2) is 6.65. The monoisotopic (exact) mass is 296 g/mol. The summed E-state index contributed by atoms with van der Waals surface area (Å²) in [4.78, 5) is 12.4. The molecule has 0 fully saturated rings. The van der Waals surface area contributed by atoms with Crippen molar-refractivity contribution in [3.05, 3.63) is 58.7 Å². The minimum absolute atomic E-state index is 0.0318. The highest BCUT2D eigenvalue weighted by molar-refractivity contribution is 5.97. The van der Waals surface area contributed by atoms with Crippen molar-refractivity contribution in [2.45, 2.75) is 40.7 Å². The van der Waals surface area contributed by atoms with Crippen LogP contribution in [0.2, 0.25) is 0 Å². The molecule has 2 rings (SSSR count). The standard InChI is InChI=1S/C19H24N2O/c1-12-9-10-17(11-15(12)4)20-16(5)19(22)21-18-13(2)7-6-8-14(18)3/h6-11,16,20H,1-5H3,(H,21,22). The lowest BCUT2D eigenvalue weighted by atomic mass is 10.1. The molecular formula is C19H24N2O. The number of benzene rings is 2. The molecule has 22 heavy (non-hydrogen) atoms. The highest BCUT2D eigenvalue weighted by Crippen LogP contribution is 2.20. The summed E-state index contributed by atoms with van der Waals surface area (Å²) in [6.07, 6.45) is 0. The predicted molar refractivity (Wildman–Crippen MR) is 93.5 cm³/mol. The molecule has 0 aliphatic carbocycles. The van der Waals surface area contributed by atoms with Gasteiger partial charge in [0.2, 0.25) is 5.91 Å². The Kier molecular flexibility index (Phi) is 4.86. The first-order valence-corrected chi connectivity index (χ1v) is 7.59. The summed E-state index contributed by atoms with van der Waals surface area (Å²) in [5, 5.41) is 6.28. The molecule has 0 aromatic heterocycles. The van der Waals surface area contributed by atoms with Gasteiger partial charge in [0.1, 0.15) is 6.04 Å². The number of rotatable bonds is 4. The van der Waals surface area contributed by atoms with Crippen LogP contribution in [0.5, 0.6) is 0 Å². The van der Waals surface area contributed by atoms with Gasteiger partial charge in [0.15, 0.2) is 0 Å². The van der Waals surface area contributed by atoms with Crippen molar-refractivity contribution in [2.75, 3.05) is 10.6 Å². The number of nitrogens with one attached hydrogen (secondary N) is 2. The van der Waals surface area contributed by atoms with Crippen LogP contribution in [0.15, 0.2) is 36.4 Å². The largest absolute Gasteiger partial charge is 0.374 e. The smallest absolute Gasteiger partial charge is 0.246 e.